The molecule has 0 aliphatic rings. The minimum atomic E-state index is -3.79. The molecule has 0 radical (unpaired) electrons. The van der Waals surface area contributed by atoms with Crippen LogP contribution in [0.5, 0.6) is 0 Å². The Balaban J connectivity index is 2.26. The maximum atomic E-state index is 12.6. The van der Waals surface area contributed by atoms with Crippen molar-refractivity contribution in [1.29, 1.82) is 0 Å². The third-order valence-corrected chi connectivity index (χ3v) is 4.78. The van der Waals surface area contributed by atoms with E-state index < -0.39 is 10.0 Å². The van der Waals surface area contributed by atoms with Crippen LogP contribution in [-0.2, 0) is 21.4 Å². The Morgan fingerprint density at radius 2 is 1.60 bits per heavy atom. The normalized spacial score (nSPS) is 12.9. The SMILES string of the molecule is Cc1ccc(S(=O)(=O)/N=C(/CC(C)(C)C)OCc2ccccc2)cc1. The monoisotopic (exact) mass is 359 g/mol. The molecule has 2 aromatic rings. The van der Waals surface area contributed by atoms with Crippen molar-refractivity contribution in [3.05, 3.63) is 65.7 Å². The Morgan fingerprint density at radius 3 is 2.16 bits per heavy atom. The predicted molar refractivity (Wildman–Crippen MR) is 101 cm³/mol. The van der Waals surface area contributed by atoms with Gasteiger partial charge < -0.3 is 4.74 Å². The predicted octanol–water partition coefficient (Wildman–Crippen LogP) is 4.74. The summed E-state index contributed by atoms with van der Waals surface area (Å²) in [5.41, 5.74) is 1.83. The van der Waals surface area contributed by atoms with Crippen molar-refractivity contribution >= 4 is 15.9 Å². The number of nitrogens with zero attached hydrogens (tertiary/aromatic N) is 1. The van der Waals surface area contributed by atoms with Gasteiger partial charge in [0.25, 0.3) is 10.0 Å². The van der Waals surface area contributed by atoms with Crippen LogP contribution in [0.3, 0.4) is 0 Å². The number of aryl methyl sites for hydroxylation is 1. The van der Waals surface area contributed by atoms with Gasteiger partial charge in [0.05, 0.1) is 4.90 Å². The molecule has 2 rings (SSSR count). The summed E-state index contributed by atoms with van der Waals surface area (Å²) in [5.74, 6) is 0.233. The molecule has 0 saturated heterocycles. The molecular weight excluding hydrogens is 334 g/mol. The lowest BCUT2D eigenvalue weighted by atomic mass is 9.92. The average Bonchev–Trinajstić information content (AvgIpc) is 2.52. The number of benzene rings is 2. The van der Waals surface area contributed by atoms with Crippen molar-refractivity contribution in [2.24, 2.45) is 9.81 Å². The fourth-order valence-corrected chi connectivity index (χ4v) is 3.17. The maximum absolute atomic E-state index is 12.6. The molecule has 0 aromatic heterocycles. The minimum absolute atomic E-state index is 0.141. The first kappa shape index (κ1) is 19.2. The Hall–Kier alpha value is -2.14. The van der Waals surface area contributed by atoms with Crippen LogP contribution in [0, 0.1) is 12.3 Å². The maximum Gasteiger partial charge on any atom is 0.285 e. The highest BCUT2D eigenvalue weighted by Crippen LogP contribution is 2.22. The van der Waals surface area contributed by atoms with Crippen molar-refractivity contribution in [2.45, 2.75) is 45.6 Å². The number of hydrogen-bond donors (Lipinski definition) is 0. The molecule has 0 unspecified atom stereocenters. The molecule has 134 valence electrons. The summed E-state index contributed by atoms with van der Waals surface area (Å²) in [5, 5.41) is 0. The van der Waals surface area contributed by atoms with Gasteiger partial charge in [0, 0.05) is 6.42 Å². The lowest BCUT2D eigenvalue weighted by Crippen LogP contribution is -2.17. The summed E-state index contributed by atoms with van der Waals surface area (Å²) < 4.78 is 34.9. The summed E-state index contributed by atoms with van der Waals surface area (Å²) in [6, 6.07) is 16.3. The van der Waals surface area contributed by atoms with Crippen molar-refractivity contribution in [3.63, 3.8) is 0 Å². The molecule has 0 bridgehead atoms. The smallest absolute Gasteiger partial charge is 0.285 e. The van der Waals surface area contributed by atoms with E-state index in [-0.39, 0.29) is 16.2 Å². The highest BCUT2D eigenvalue weighted by Gasteiger charge is 2.20. The van der Waals surface area contributed by atoms with E-state index in [2.05, 4.69) is 4.40 Å². The number of hydrogen-bond acceptors (Lipinski definition) is 3. The van der Waals surface area contributed by atoms with Crippen LogP contribution in [0.1, 0.15) is 38.3 Å². The summed E-state index contributed by atoms with van der Waals surface area (Å²) in [7, 11) is -3.79. The zero-order valence-corrected chi connectivity index (χ0v) is 16.0. The largest absolute Gasteiger partial charge is 0.475 e. The lowest BCUT2D eigenvalue weighted by Gasteiger charge is -2.19. The van der Waals surface area contributed by atoms with Gasteiger partial charge in [0.2, 0.25) is 5.90 Å². The van der Waals surface area contributed by atoms with Crippen LogP contribution < -0.4 is 0 Å². The minimum Gasteiger partial charge on any atom is -0.475 e. The fourth-order valence-electron chi connectivity index (χ4n) is 2.20. The third-order valence-electron chi connectivity index (χ3n) is 3.47. The molecule has 5 heteroatoms. The van der Waals surface area contributed by atoms with Crippen LogP contribution in [0.15, 0.2) is 63.9 Å². The molecule has 0 aliphatic carbocycles. The number of sulfonamides is 1. The molecule has 4 nitrogen and oxygen atoms in total. The van der Waals surface area contributed by atoms with E-state index in [1.54, 1.807) is 24.3 Å². The topological polar surface area (TPSA) is 55.7 Å². The summed E-state index contributed by atoms with van der Waals surface area (Å²) in [6.07, 6.45) is 0.435. The van der Waals surface area contributed by atoms with Gasteiger partial charge >= 0.3 is 0 Å². The second-order valence-electron chi connectivity index (χ2n) is 7.28. The second-order valence-corrected chi connectivity index (χ2v) is 8.89. The first-order valence-corrected chi connectivity index (χ1v) is 9.67. The molecule has 0 aliphatic heterocycles. The van der Waals surface area contributed by atoms with Crippen LogP contribution in [0.25, 0.3) is 0 Å². The van der Waals surface area contributed by atoms with Crippen molar-refractivity contribution in [3.8, 4) is 0 Å². The average molecular weight is 359 g/mol. The van der Waals surface area contributed by atoms with Gasteiger partial charge in [-0.25, -0.2) is 0 Å². The molecule has 0 spiro atoms. The van der Waals surface area contributed by atoms with Gasteiger partial charge in [-0.05, 0) is 30.0 Å². The second kappa shape index (κ2) is 7.83. The van der Waals surface area contributed by atoms with Gasteiger partial charge in [-0.1, -0.05) is 68.8 Å². The highest BCUT2D eigenvalue weighted by molar-refractivity contribution is 7.90. The standard InChI is InChI=1S/C20H25NO3S/c1-16-10-12-18(13-11-16)25(22,23)21-19(14-20(2,3)4)24-15-17-8-6-5-7-9-17/h5-13H,14-15H2,1-4H3/b21-19-. The van der Waals surface area contributed by atoms with Gasteiger partial charge in [0.1, 0.15) is 6.61 Å². The van der Waals surface area contributed by atoms with Crippen molar-refractivity contribution in [2.75, 3.05) is 0 Å². The molecule has 0 saturated carbocycles. The third kappa shape index (κ3) is 6.35. The van der Waals surface area contributed by atoms with Gasteiger partial charge in [-0.15, -0.1) is 4.40 Å². The van der Waals surface area contributed by atoms with E-state index in [1.165, 1.54) is 0 Å². The first-order valence-electron chi connectivity index (χ1n) is 8.23. The molecule has 0 amide bonds. The molecule has 25 heavy (non-hydrogen) atoms. The Morgan fingerprint density at radius 1 is 1.00 bits per heavy atom. The van der Waals surface area contributed by atoms with E-state index in [1.807, 2.05) is 58.0 Å². The van der Waals surface area contributed by atoms with Gasteiger partial charge in [0.15, 0.2) is 0 Å². The van der Waals surface area contributed by atoms with Gasteiger partial charge in [-0.2, -0.15) is 8.42 Å². The quantitative estimate of drug-likeness (QED) is 0.572. The van der Waals surface area contributed by atoms with E-state index in [4.69, 9.17) is 4.74 Å². The molecule has 0 atom stereocenters. The summed E-state index contributed by atoms with van der Waals surface area (Å²) in [4.78, 5) is 0.174. The Kier molecular flexibility index (Phi) is 6.01. The first-order chi connectivity index (χ1) is 11.7. The summed E-state index contributed by atoms with van der Waals surface area (Å²) in [6.45, 7) is 8.26. The van der Waals surface area contributed by atoms with Gasteiger partial charge in [-0.3, -0.25) is 0 Å². The van der Waals surface area contributed by atoms with Crippen molar-refractivity contribution in [1.82, 2.24) is 0 Å². The summed E-state index contributed by atoms with van der Waals surface area (Å²) >= 11 is 0. The van der Waals surface area contributed by atoms with Crippen LogP contribution in [-0.4, -0.2) is 14.3 Å². The number of rotatable bonds is 5. The van der Waals surface area contributed by atoms with E-state index >= 15 is 0 Å². The zero-order valence-electron chi connectivity index (χ0n) is 15.2. The number of ether oxygens (including phenoxy) is 1. The van der Waals surface area contributed by atoms with E-state index in [0.29, 0.717) is 13.0 Å². The molecular formula is C20H25NO3S. The zero-order chi connectivity index (χ0) is 18.5. The molecule has 0 N–H and O–H groups in total. The lowest BCUT2D eigenvalue weighted by molar-refractivity contribution is 0.265. The molecule has 0 fully saturated rings. The van der Waals surface area contributed by atoms with Crippen LogP contribution in [0.2, 0.25) is 0 Å². The molecule has 0 heterocycles. The Bertz CT molecular complexity index is 817. The van der Waals surface area contributed by atoms with Crippen LogP contribution in [0.4, 0.5) is 0 Å². The van der Waals surface area contributed by atoms with Crippen LogP contribution >= 0.6 is 0 Å². The van der Waals surface area contributed by atoms with Crippen molar-refractivity contribution < 1.29 is 13.2 Å². The Labute approximate surface area is 150 Å². The highest BCUT2D eigenvalue weighted by atomic mass is 32.2. The molecule has 2 aromatic carbocycles. The van der Waals surface area contributed by atoms with E-state index in [9.17, 15) is 8.42 Å². The van der Waals surface area contributed by atoms with E-state index in [0.717, 1.165) is 11.1 Å². The fraction of sp³-hybridized carbons (Fsp3) is 0.350.